The van der Waals surface area contributed by atoms with Gasteiger partial charge in [0.15, 0.2) is 17.4 Å². The molecule has 5 nitrogen and oxygen atoms in total. The highest BCUT2D eigenvalue weighted by atomic mass is 19.1. The lowest BCUT2D eigenvalue weighted by Crippen LogP contribution is -2.19. The fourth-order valence-corrected chi connectivity index (χ4v) is 2.16. The van der Waals surface area contributed by atoms with Crippen LogP contribution >= 0.6 is 0 Å². The van der Waals surface area contributed by atoms with E-state index >= 15 is 0 Å². The first-order valence-electron chi connectivity index (χ1n) is 7.60. The molecule has 0 spiro atoms. The lowest BCUT2D eigenvalue weighted by Gasteiger charge is -2.10. The fraction of sp³-hybridized carbons (Fsp3) is 0. The third-order valence-corrected chi connectivity index (χ3v) is 3.37. The monoisotopic (exact) mass is 356 g/mol. The summed E-state index contributed by atoms with van der Waals surface area (Å²) in [7, 11) is 0. The van der Waals surface area contributed by atoms with Gasteiger partial charge in [-0.25, -0.2) is 13.6 Å². The number of benzene rings is 3. The van der Waals surface area contributed by atoms with Gasteiger partial charge in [0, 0.05) is 23.5 Å². The van der Waals surface area contributed by atoms with Crippen LogP contribution in [-0.2, 0) is 0 Å². The molecule has 2 amide bonds. The first-order chi connectivity index (χ1) is 12.5. The second-order valence-electron chi connectivity index (χ2n) is 5.31. The number of halogens is 2. The van der Waals surface area contributed by atoms with Crippen molar-refractivity contribution < 1.29 is 23.4 Å². The van der Waals surface area contributed by atoms with Crippen LogP contribution in [0.4, 0.5) is 25.0 Å². The van der Waals surface area contributed by atoms with E-state index in [1.807, 2.05) is 30.3 Å². The number of anilines is 2. The van der Waals surface area contributed by atoms with Crippen LogP contribution in [0.15, 0.2) is 66.7 Å². The number of aromatic hydroxyl groups is 1. The summed E-state index contributed by atoms with van der Waals surface area (Å²) in [6.45, 7) is 0. The van der Waals surface area contributed by atoms with Gasteiger partial charge in [-0.3, -0.25) is 0 Å². The Bertz CT molecular complexity index is 893. The number of phenols is 1. The van der Waals surface area contributed by atoms with Gasteiger partial charge in [0.1, 0.15) is 11.5 Å². The van der Waals surface area contributed by atoms with Crippen LogP contribution in [0.1, 0.15) is 0 Å². The molecule has 0 aliphatic rings. The van der Waals surface area contributed by atoms with Crippen molar-refractivity contribution in [3.8, 4) is 17.2 Å². The molecule has 0 saturated heterocycles. The Morgan fingerprint density at radius 2 is 1.35 bits per heavy atom. The van der Waals surface area contributed by atoms with Gasteiger partial charge in [-0.15, -0.1) is 0 Å². The maximum atomic E-state index is 13.3. The molecule has 0 aliphatic heterocycles. The van der Waals surface area contributed by atoms with E-state index in [9.17, 15) is 13.6 Å². The number of hydrogen-bond donors (Lipinski definition) is 3. The van der Waals surface area contributed by atoms with E-state index in [0.29, 0.717) is 17.2 Å². The summed E-state index contributed by atoms with van der Waals surface area (Å²) < 4.78 is 32.2. The molecule has 0 radical (unpaired) electrons. The van der Waals surface area contributed by atoms with Crippen molar-refractivity contribution in [2.24, 2.45) is 0 Å². The summed E-state index contributed by atoms with van der Waals surface area (Å²) in [6.07, 6.45) is 0. The number of ether oxygens (including phenoxy) is 1. The van der Waals surface area contributed by atoms with Gasteiger partial charge in [0.05, 0.1) is 0 Å². The number of para-hydroxylation sites is 1. The molecule has 0 aromatic heterocycles. The van der Waals surface area contributed by atoms with Crippen molar-refractivity contribution in [1.29, 1.82) is 0 Å². The van der Waals surface area contributed by atoms with Crippen molar-refractivity contribution in [2.75, 3.05) is 10.6 Å². The Labute approximate surface area is 147 Å². The largest absolute Gasteiger partial charge is 0.503 e. The van der Waals surface area contributed by atoms with E-state index in [2.05, 4.69) is 10.6 Å². The second kappa shape index (κ2) is 7.52. The minimum atomic E-state index is -1.16. The van der Waals surface area contributed by atoms with Crippen molar-refractivity contribution in [2.45, 2.75) is 0 Å². The third-order valence-electron chi connectivity index (χ3n) is 3.37. The van der Waals surface area contributed by atoms with Crippen LogP contribution in [0.5, 0.6) is 17.2 Å². The summed E-state index contributed by atoms with van der Waals surface area (Å²) in [6, 6.07) is 16.7. The number of rotatable bonds is 4. The van der Waals surface area contributed by atoms with Crippen LogP contribution in [0, 0.1) is 11.6 Å². The molecule has 0 unspecified atom stereocenters. The number of carbonyl (C=O) groups excluding carboxylic acids is 1. The normalized spacial score (nSPS) is 10.2. The van der Waals surface area contributed by atoms with Crippen molar-refractivity contribution >= 4 is 17.4 Å². The van der Waals surface area contributed by atoms with E-state index in [-0.39, 0.29) is 5.69 Å². The average Bonchev–Trinajstić information content (AvgIpc) is 2.62. The van der Waals surface area contributed by atoms with E-state index in [1.54, 1.807) is 24.3 Å². The molecular weight excluding hydrogens is 342 g/mol. The minimum Gasteiger partial charge on any atom is -0.503 e. The molecule has 0 bridgehead atoms. The molecule has 26 heavy (non-hydrogen) atoms. The average molecular weight is 356 g/mol. The fourth-order valence-electron chi connectivity index (χ4n) is 2.16. The lowest BCUT2D eigenvalue weighted by atomic mass is 10.2. The molecule has 3 N–H and O–H groups in total. The zero-order valence-electron chi connectivity index (χ0n) is 13.4. The number of nitrogens with one attached hydrogen (secondary N) is 2. The molecule has 132 valence electrons. The number of carbonyl (C=O) groups is 1. The predicted molar refractivity (Wildman–Crippen MR) is 93.6 cm³/mol. The quantitative estimate of drug-likeness (QED) is 0.569. The maximum Gasteiger partial charge on any atom is 0.323 e. The summed E-state index contributed by atoms with van der Waals surface area (Å²) in [5.74, 6) is -2.15. The Balaban J connectivity index is 1.61. The highest BCUT2D eigenvalue weighted by Gasteiger charge is 2.11. The molecule has 3 aromatic rings. The molecule has 7 heteroatoms. The molecular formula is C19H14F2N2O3. The minimum absolute atomic E-state index is 0.126. The second-order valence-corrected chi connectivity index (χ2v) is 5.31. The van der Waals surface area contributed by atoms with E-state index in [4.69, 9.17) is 9.84 Å². The molecule has 0 atom stereocenters. The zero-order valence-corrected chi connectivity index (χ0v) is 13.4. The smallest absolute Gasteiger partial charge is 0.323 e. The number of urea groups is 1. The van der Waals surface area contributed by atoms with Gasteiger partial charge in [0.25, 0.3) is 0 Å². The lowest BCUT2D eigenvalue weighted by molar-refractivity contribution is 0.262. The van der Waals surface area contributed by atoms with Crippen LogP contribution in [0.3, 0.4) is 0 Å². The van der Waals surface area contributed by atoms with Gasteiger partial charge < -0.3 is 20.5 Å². The van der Waals surface area contributed by atoms with Gasteiger partial charge in [-0.1, -0.05) is 18.2 Å². The van der Waals surface area contributed by atoms with Crippen LogP contribution in [-0.4, -0.2) is 11.1 Å². The topological polar surface area (TPSA) is 70.6 Å². The highest BCUT2D eigenvalue weighted by molar-refractivity contribution is 5.99. The summed E-state index contributed by atoms with van der Waals surface area (Å²) >= 11 is 0. The Kier molecular flexibility index (Phi) is 4.98. The predicted octanol–water partition coefficient (Wildman–Crippen LogP) is 5.11. The Hall–Kier alpha value is -3.61. The molecule has 0 saturated carbocycles. The van der Waals surface area contributed by atoms with Gasteiger partial charge in [0.2, 0.25) is 0 Å². The van der Waals surface area contributed by atoms with Gasteiger partial charge in [-0.05, 0) is 36.4 Å². The van der Waals surface area contributed by atoms with Crippen molar-refractivity contribution in [3.05, 3.63) is 78.4 Å². The van der Waals surface area contributed by atoms with Crippen LogP contribution in [0.2, 0.25) is 0 Å². The first-order valence-corrected chi connectivity index (χ1v) is 7.60. The van der Waals surface area contributed by atoms with Gasteiger partial charge >= 0.3 is 6.03 Å². The summed E-state index contributed by atoms with van der Waals surface area (Å²) in [4.78, 5) is 11.9. The van der Waals surface area contributed by atoms with E-state index in [0.717, 1.165) is 12.1 Å². The van der Waals surface area contributed by atoms with Crippen molar-refractivity contribution in [1.82, 2.24) is 0 Å². The molecule has 0 fully saturated rings. The van der Waals surface area contributed by atoms with E-state index in [1.165, 1.54) is 0 Å². The zero-order chi connectivity index (χ0) is 18.5. The van der Waals surface area contributed by atoms with Crippen LogP contribution in [0.25, 0.3) is 0 Å². The number of hydrogen-bond acceptors (Lipinski definition) is 3. The summed E-state index contributed by atoms with van der Waals surface area (Å²) in [5.41, 5.74) is 0.335. The highest BCUT2D eigenvalue weighted by Crippen LogP contribution is 2.25. The van der Waals surface area contributed by atoms with Crippen molar-refractivity contribution in [3.63, 3.8) is 0 Å². The Morgan fingerprint density at radius 1 is 0.808 bits per heavy atom. The molecule has 3 rings (SSSR count). The molecule has 0 heterocycles. The number of amides is 2. The number of phenolic OH excluding ortho intramolecular Hbond substituents is 1. The Morgan fingerprint density at radius 3 is 1.96 bits per heavy atom. The SMILES string of the molecule is O=C(Nc1ccc(Oc2ccccc2)cc1)Nc1cc(F)c(O)c(F)c1. The van der Waals surface area contributed by atoms with E-state index < -0.39 is 23.4 Å². The first kappa shape index (κ1) is 17.2. The standard InChI is InChI=1S/C19H14F2N2O3/c20-16-10-13(11-17(21)18(16)24)23-19(25)22-12-6-8-15(9-7-12)26-14-4-2-1-3-5-14/h1-11,24H,(H2,22,23,25). The van der Waals surface area contributed by atoms with Crippen LogP contribution < -0.4 is 15.4 Å². The van der Waals surface area contributed by atoms with Gasteiger partial charge in [-0.2, -0.15) is 0 Å². The molecule has 3 aromatic carbocycles. The summed E-state index contributed by atoms with van der Waals surface area (Å²) in [5, 5.41) is 13.8. The third kappa shape index (κ3) is 4.27. The molecule has 0 aliphatic carbocycles. The maximum absolute atomic E-state index is 13.3.